The van der Waals surface area contributed by atoms with Crippen LogP contribution in [0, 0.1) is 11.8 Å². The third kappa shape index (κ3) is 7.65. The van der Waals surface area contributed by atoms with Crippen LogP contribution in [0.3, 0.4) is 0 Å². The molecule has 1 fully saturated rings. The van der Waals surface area contributed by atoms with Crippen LogP contribution >= 0.6 is 11.8 Å². The van der Waals surface area contributed by atoms with Crippen LogP contribution in [-0.4, -0.2) is 76.4 Å². The molecule has 0 aliphatic carbocycles. The van der Waals surface area contributed by atoms with Crippen molar-refractivity contribution in [2.75, 3.05) is 18.6 Å². The molecule has 1 rings (SSSR count). The van der Waals surface area contributed by atoms with E-state index < -0.39 is 36.0 Å². The molecule has 0 saturated carbocycles. The molecule has 1 aliphatic heterocycles. The zero-order valence-corrected chi connectivity index (χ0v) is 20.7. The lowest BCUT2D eigenvalue weighted by molar-refractivity contribution is -0.146. The molecule has 32 heavy (non-hydrogen) atoms. The van der Waals surface area contributed by atoms with Crippen LogP contribution in [0.1, 0.15) is 59.8 Å². The van der Waals surface area contributed by atoms with Crippen molar-refractivity contribution in [2.24, 2.45) is 17.6 Å². The fourth-order valence-electron chi connectivity index (χ4n) is 3.73. The zero-order valence-electron chi connectivity index (χ0n) is 19.9. The predicted octanol–water partition coefficient (Wildman–Crippen LogP) is 1.20. The van der Waals surface area contributed by atoms with Crippen molar-refractivity contribution >= 4 is 35.5 Å². The van der Waals surface area contributed by atoms with Gasteiger partial charge in [-0.15, -0.1) is 0 Å². The van der Waals surface area contributed by atoms with Crippen molar-refractivity contribution < 1.29 is 24.3 Å². The first kappa shape index (κ1) is 28.2. The van der Waals surface area contributed by atoms with Crippen molar-refractivity contribution in [3.63, 3.8) is 0 Å². The fraction of sp³-hybridized carbons (Fsp3) is 0.818. The average Bonchev–Trinajstić information content (AvgIpc) is 3.27. The molecule has 6 unspecified atom stereocenters. The van der Waals surface area contributed by atoms with Gasteiger partial charge in [-0.1, -0.05) is 40.5 Å². The van der Waals surface area contributed by atoms with Gasteiger partial charge in [-0.2, -0.15) is 11.8 Å². The second-order valence-corrected chi connectivity index (χ2v) is 9.65. The predicted molar refractivity (Wildman–Crippen MR) is 126 cm³/mol. The Morgan fingerprint density at radius 2 is 1.69 bits per heavy atom. The maximum Gasteiger partial charge on any atom is 0.326 e. The third-order valence-corrected chi connectivity index (χ3v) is 7.01. The molecule has 0 aromatic carbocycles. The highest BCUT2D eigenvalue weighted by molar-refractivity contribution is 7.98. The Hall–Kier alpha value is -1.81. The van der Waals surface area contributed by atoms with Crippen LogP contribution < -0.4 is 16.4 Å². The molecule has 5 N–H and O–H groups in total. The molecular weight excluding hydrogens is 432 g/mol. The van der Waals surface area contributed by atoms with Crippen molar-refractivity contribution in [1.29, 1.82) is 0 Å². The molecule has 9 nitrogen and oxygen atoms in total. The monoisotopic (exact) mass is 472 g/mol. The van der Waals surface area contributed by atoms with Crippen molar-refractivity contribution in [3.05, 3.63) is 0 Å². The summed E-state index contributed by atoms with van der Waals surface area (Å²) < 4.78 is 0. The van der Waals surface area contributed by atoms with Gasteiger partial charge in [0.05, 0.1) is 6.04 Å². The number of carbonyl (C=O) groups excluding carboxylic acids is 3. The molecule has 1 aliphatic rings. The second kappa shape index (κ2) is 13.7. The van der Waals surface area contributed by atoms with Gasteiger partial charge in [-0.3, -0.25) is 14.4 Å². The molecule has 6 atom stereocenters. The van der Waals surface area contributed by atoms with Crippen LogP contribution in [-0.2, 0) is 19.2 Å². The van der Waals surface area contributed by atoms with Crippen molar-refractivity contribution in [1.82, 2.24) is 15.5 Å². The van der Waals surface area contributed by atoms with Gasteiger partial charge < -0.3 is 26.4 Å². The van der Waals surface area contributed by atoms with Crippen LogP contribution in [0.4, 0.5) is 0 Å². The van der Waals surface area contributed by atoms with E-state index in [0.717, 1.165) is 5.75 Å². The molecule has 10 heteroatoms. The van der Waals surface area contributed by atoms with Gasteiger partial charge in [0.2, 0.25) is 17.7 Å². The highest BCUT2D eigenvalue weighted by atomic mass is 32.2. The second-order valence-electron chi connectivity index (χ2n) is 8.66. The summed E-state index contributed by atoms with van der Waals surface area (Å²) in [6.45, 7) is 7.83. The van der Waals surface area contributed by atoms with E-state index >= 15 is 0 Å². The number of thioether (sulfide) groups is 1. The van der Waals surface area contributed by atoms with Gasteiger partial charge in [0.25, 0.3) is 0 Å². The highest BCUT2D eigenvalue weighted by Gasteiger charge is 2.40. The molecule has 0 radical (unpaired) electrons. The van der Waals surface area contributed by atoms with Crippen molar-refractivity contribution in [2.45, 2.75) is 84.0 Å². The van der Waals surface area contributed by atoms with Crippen molar-refractivity contribution in [3.8, 4) is 0 Å². The standard InChI is InChI=1S/C22H40N4O5S/c1-6-13(3)17(24-19(27)15(23)10-12-32-5)21(29)26-11-8-9-16(26)20(28)25-18(22(30)31)14(4)7-2/h13-18H,6-12,23H2,1-5H3,(H,24,27)(H,25,28)(H,30,31). The molecule has 1 saturated heterocycles. The number of carboxylic acid groups (broad SMARTS) is 1. The quantitative estimate of drug-likeness (QED) is 0.315. The van der Waals surface area contributed by atoms with E-state index in [1.807, 2.05) is 27.0 Å². The molecule has 0 bridgehead atoms. The third-order valence-electron chi connectivity index (χ3n) is 6.36. The van der Waals surface area contributed by atoms with E-state index in [0.29, 0.717) is 38.6 Å². The first-order chi connectivity index (χ1) is 15.1. The molecule has 3 amide bonds. The number of nitrogens with two attached hydrogens (primary N) is 1. The average molecular weight is 473 g/mol. The fourth-order valence-corrected chi connectivity index (χ4v) is 4.22. The van der Waals surface area contributed by atoms with Gasteiger partial charge in [0.1, 0.15) is 18.1 Å². The number of rotatable bonds is 13. The molecular formula is C22H40N4O5S. The smallest absolute Gasteiger partial charge is 0.326 e. The maximum absolute atomic E-state index is 13.4. The van der Waals surface area contributed by atoms with Crippen LogP contribution in [0.15, 0.2) is 0 Å². The molecule has 184 valence electrons. The number of nitrogens with zero attached hydrogens (tertiary/aromatic N) is 1. The van der Waals surface area contributed by atoms with Gasteiger partial charge in [0.15, 0.2) is 0 Å². The normalized spacial score (nSPS) is 20.7. The van der Waals surface area contributed by atoms with Gasteiger partial charge in [-0.25, -0.2) is 4.79 Å². The Morgan fingerprint density at radius 3 is 2.22 bits per heavy atom. The summed E-state index contributed by atoms with van der Waals surface area (Å²) in [7, 11) is 0. The van der Waals surface area contributed by atoms with E-state index in [-0.39, 0.29) is 23.7 Å². The van der Waals surface area contributed by atoms with Crippen LogP contribution in [0.5, 0.6) is 0 Å². The summed E-state index contributed by atoms with van der Waals surface area (Å²) in [5.74, 6) is -1.89. The first-order valence-corrected chi connectivity index (χ1v) is 12.9. The minimum Gasteiger partial charge on any atom is -0.480 e. The topological polar surface area (TPSA) is 142 Å². The first-order valence-electron chi connectivity index (χ1n) is 11.5. The summed E-state index contributed by atoms with van der Waals surface area (Å²) in [4.78, 5) is 52.0. The maximum atomic E-state index is 13.4. The van der Waals surface area contributed by atoms with Crippen LogP contribution in [0.2, 0.25) is 0 Å². The molecule has 1 heterocycles. The molecule has 0 aromatic heterocycles. The summed E-state index contributed by atoms with van der Waals surface area (Å²) in [6.07, 6.45) is 4.80. The summed E-state index contributed by atoms with van der Waals surface area (Å²) in [5.41, 5.74) is 5.98. The SMILES string of the molecule is CCC(C)C(NC(=O)C1CCCN1C(=O)C(NC(=O)C(N)CCSC)C(C)CC)C(=O)O. The number of hydrogen-bond acceptors (Lipinski definition) is 6. The zero-order chi connectivity index (χ0) is 24.4. The van der Waals surface area contributed by atoms with Gasteiger partial charge >= 0.3 is 5.97 Å². The van der Waals surface area contributed by atoms with Crippen LogP contribution in [0.25, 0.3) is 0 Å². The highest BCUT2D eigenvalue weighted by Crippen LogP contribution is 2.22. The number of carbonyl (C=O) groups is 4. The largest absolute Gasteiger partial charge is 0.480 e. The number of amides is 3. The van der Waals surface area contributed by atoms with Gasteiger partial charge in [0, 0.05) is 6.54 Å². The number of likely N-dealkylation sites (tertiary alicyclic amines) is 1. The van der Waals surface area contributed by atoms with E-state index in [1.54, 1.807) is 18.7 Å². The molecule has 0 spiro atoms. The Bertz CT molecular complexity index is 662. The Balaban J connectivity index is 2.97. The number of hydrogen-bond donors (Lipinski definition) is 4. The number of nitrogens with one attached hydrogen (secondary N) is 2. The summed E-state index contributed by atoms with van der Waals surface area (Å²) in [5, 5.41) is 14.9. The lowest BCUT2D eigenvalue weighted by Crippen LogP contribution is -2.58. The number of carboxylic acids is 1. The van der Waals surface area contributed by atoms with E-state index in [4.69, 9.17) is 5.73 Å². The lowest BCUT2D eigenvalue weighted by Gasteiger charge is -2.32. The van der Waals surface area contributed by atoms with E-state index in [9.17, 15) is 24.3 Å². The minimum absolute atomic E-state index is 0.143. The Morgan fingerprint density at radius 1 is 1.09 bits per heavy atom. The lowest BCUT2D eigenvalue weighted by atomic mass is 9.96. The number of aliphatic carboxylic acids is 1. The van der Waals surface area contributed by atoms with E-state index in [1.165, 1.54) is 4.90 Å². The minimum atomic E-state index is -1.09. The molecule has 0 aromatic rings. The van der Waals surface area contributed by atoms with Gasteiger partial charge in [-0.05, 0) is 43.1 Å². The summed E-state index contributed by atoms with van der Waals surface area (Å²) in [6, 6.07) is -3.25. The Labute approximate surface area is 195 Å². The summed E-state index contributed by atoms with van der Waals surface area (Å²) >= 11 is 1.60. The Kier molecular flexibility index (Phi) is 12.1. The van der Waals surface area contributed by atoms with E-state index in [2.05, 4.69) is 10.6 Å².